The molecule has 0 heterocycles. The summed E-state index contributed by atoms with van der Waals surface area (Å²) in [6.45, 7) is 4.74. The molecule has 0 fully saturated rings. The average Bonchev–Trinajstić information content (AvgIpc) is 2.71. The van der Waals surface area contributed by atoms with Gasteiger partial charge in [0.15, 0.2) is 0 Å². The Hall–Kier alpha value is -1.10. The number of carbonyl (C=O) groups excluding carboxylic acids is 2. The molecule has 0 aliphatic carbocycles. The van der Waals surface area contributed by atoms with Crippen molar-refractivity contribution in [2.75, 3.05) is 26.4 Å². The summed E-state index contributed by atoms with van der Waals surface area (Å²) in [5, 5.41) is 0. The highest BCUT2D eigenvalue weighted by atomic mass is 16.6. The molecule has 0 radical (unpaired) electrons. The molecule has 0 saturated heterocycles. The summed E-state index contributed by atoms with van der Waals surface area (Å²) in [4.78, 5) is 22.8. The maximum atomic E-state index is 11.5. The zero-order chi connectivity index (χ0) is 21.4. The second-order valence-corrected chi connectivity index (χ2v) is 7.88. The maximum absolute atomic E-state index is 11.5. The minimum Gasteiger partial charge on any atom is -0.464 e. The molecule has 0 aromatic rings. The smallest absolute Gasteiger partial charge is 0.332 e. The summed E-state index contributed by atoms with van der Waals surface area (Å²) in [7, 11) is 0. The van der Waals surface area contributed by atoms with Gasteiger partial charge in [0.05, 0.1) is 13.2 Å². The van der Waals surface area contributed by atoms with E-state index in [1.165, 1.54) is 77.0 Å². The van der Waals surface area contributed by atoms with Crippen molar-refractivity contribution in [1.82, 2.24) is 0 Å². The number of hydrogen-bond acceptors (Lipinski definition) is 5. The Morgan fingerprint density at radius 3 is 1.24 bits per heavy atom. The van der Waals surface area contributed by atoms with Gasteiger partial charge in [0.25, 0.3) is 0 Å². The fourth-order valence-corrected chi connectivity index (χ4v) is 3.11. The maximum Gasteiger partial charge on any atom is 0.332 e. The lowest BCUT2D eigenvalue weighted by Gasteiger charge is -2.06. The van der Waals surface area contributed by atoms with Crippen LogP contribution >= 0.6 is 0 Å². The van der Waals surface area contributed by atoms with E-state index in [1.807, 2.05) is 6.92 Å². The molecule has 5 nitrogen and oxygen atoms in total. The predicted octanol–water partition coefficient (Wildman–Crippen LogP) is 6.37. The van der Waals surface area contributed by atoms with Gasteiger partial charge in [-0.3, -0.25) is 0 Å². The van der Waals surface area contributed by atoms with E-state index >= 15 is 0 Å². The van der Waals surface area contributed by atoms with Crippen molar-refractivity contribution in [2.24, 2.45) is 0 Å². The first-order chi connectivity index (χ1) is 14.2. The number of carbonyl (C=O) groups is 2. The van der Waals surface area contributed by atoms with Crippen LogP contribution in [0.5, 0.6) is 0 Å². The van der Waals surface area contributed by atoms with Crippen molar-refractivity contribution < 1.29 is 23.8 Å². The fraction of sp³-hybridized carbons (Fsp3) is 0.917. The summed E-state index contributed by atoms with van der Waals surface area (Å²) in [5.74, 6) is -0.848. The number of ether oxygens (including phenoxy) is 3. The van der Waals surface area contributed by atoms with E-state index in [9.17, 15) is 9.59 Å². The van der Waals surface area contributed by atoms with Gasteiger partial charge in [-0.25, -0.2) is 9.59 Å². The summed E-state index contributed by atoms with van der Waals surface area (Å²) in [6, 6.07) is 0. The number of hydrogen-bond donors (Lipinski definition) is 0. The molecular formula is C24H46O5. The number of esters is 2. The molecule has 0 atom stereocenters. The molecule has 0 aromatic heterocycles. The Morgan fingerprint density at radius 2 is 0.828 bits per heavy atom. The first kappa shape index (κ1) is 27.9. The van der Waals surface area contributed by atoms with Crippen molar-refractivity contribution in [3.63, 3.8) is 0 Å². The minimum atomic E-state index is -0.432. The lowest BCUT2D eigenvalue weighted by molar-refractivity contribution is -0.155. The quantitative estimate of drug-likeness (QED) is 0.152. The molecule has 0 aliphatic heterocycles. The van der Waals surface area contributed by atoms with Crippen LogP contribution in [0.1, 0.15) is 117 Å². The van der Waals surface area contributed by atoms with Crippen molar-refractivity contribution in [3.8, 4) is 0 Å². The molecule has 29 heavy (non-hydrogen) atoms. The standard InChI is InChI=1S/C24H46O5/c1-3-5-7-8-9-10-11-12-13-14-15-16-17-18-20-29-24(26)22-27-21-23(25)28-19-6-4-2/h3-22H2,1-2H3. The highest BCUT2D eigenvalue weighted by molar-refractivity contribution is 5.73. The van der Waals surface area contributed by atoms with Crippen LogP contribution in [0.3, 0.4) is 0 Å². The molecule has 0 aromatic carbocycles. The molecule has 0 spiro atoms. The van der Waals surface area contributed by atoms with Gasteiger partial charge in [0.2, 0.25) is 0 Å². The van der Waals surface area contributed by atoms with Crippen LogP contribution in [-0.4, -0.2) is 38.4 Å². The average molecular weight is 415 g/mol. The van der Waals surface area contributed by atoms with E-state index in [0.29, 0.717) is 13.2 Å². The third-order valence-electron chi connectivity index (χ3n) is 4.96. The SMILES string of the molecule is CCCCCCCCCCCCCCCCOC(=O)COCC(=O)OCCCC. The normalized spacial score (nSPS) is 10.8. The minimum absolute atomic E-state index is 0.193. The van der Waals surface area contributed by atoms with Crippen LogP contribution in [-0.2, 0) is 23.8 Å². The van der Waals surface area contributed by atoms with Gasteiger partial charge >= 0.3 is 11.9 Å². The first-order valence-corrected chi connectivity index (χ1v) is 12.1. The molecule has 0 bridgehead atoms. The summed E-state index contributed by atoms with van der Waals surface area (Å²) < 4.78 is 15.1. The lowest BCUT2D eigenvalue weighted by atomic mass is 10.0. The van der Waals surface area contributed by atoms with Gasteiger partial charge in [-0.1, -0.05) is 104 Å². The molecule has 0 rings (SSSR count). The van der Waals surface area contributed by atoms with Crippen LogP contribution in [0.4, 0.5) is 0 Å². The van der Waals surface area contributed by atoms with E-state index in [0.717, 1.165) is 25.7 Å². The van der Waals surface area contributed by atoms with Crippen LogP contribution in [0.2, 0.25) is 0 Å². The largest absolute Gasteiger partial charge is 0.464 e. The Morgan fingerprint density at radius 1 is 0.483 bits per heavy atom. The van der Waals surface area contributed by atoms with Crippen LogP contribution < -0.4 is 0 Å². The van der Waals surface area contributed by atoms with E-state index in [-0.39, 0.29) is 13.2 Å². The van der Waals surface area contributed by atoms with Crippen LogP contribution in [0.25, 0.3) is 0 Å². The predicted molar refractivity (Wildman–Crippen MR) is 118 cm³/mol. The van der Waals surface area contributed by atoms with E-state index in [4.69, 9.17) is 14.2 Å². The molecule has 0 aliphatic rings. The van der Waals surface area contributed by atoms with Gasteiger partial charge in [0.1, 0.15) is 13.2 Å². The molecular weight excluding hydrogens is 368 g/mol. The molecule has 0 saturated carbocycles. The van der Waals surface area contributed by atoms with Crippen molar-refractivity contribution >= 4 is 11.9 Å². The van der Waals surface area contributed by atoms with Crippen molar-refractivity contribution in [3.05, 3.63) is 0 Å². The van der Waals surface area contributed by atoms with Crippen molar-refractivity contribution in [2.45, 2.75) is 117 Å². The topological polar surface area (TPSA) is 61.8 Å². The fourth-order valence-electron chi connectivity index (χ4n) is 3.11. The van der Waals surface area contributed by atoms with Gasteiger partial charge in [-0.05, 0) is 12.8 Å². The van der Waals surface area contributed by atoms with E-state index in [2.05, 4.69) is 6.92 Å². The summed E-state index contributed by atoms with van der Waals surface area (Å²) in [6.07, 6.45) is 20.1. The number of rotatable bonds is 22. The van der Waals surface area contributed by atoms with Crippen LogP contribution in [0.15, 0.2) is 0 Å². The summed E-state index contributed by atoms with van der Waals surface area (Å²) >= 11 is 0. The molecule has 0 unspecified atom stereocenters. The third-order valence-corrected chi connectivity index (χ3v) is 4.96. The van der Waals surface area contributed by atoms with E-state index < -0.39 is 11.9 Å². The lowest BCUT2D eigenvalue weighted by Crippen LogP contribution is -2.19. The third kappa shape index (κ3) is 23.0. The Bertz CT molecular complexity index is 370. The van der Waals surface area contributed by atoms with Gasteiger partial charge < -0.3 is 14.2 Å². The second-order valence-electron chi connectivity index (χ2n) is 7.88. The van der Waals surface area contributed by atoms with Gasteiger partial charge in [-0.15, -0.1) is 0 Å². The van der Waals surface area contributed by atoms with Gasteiger partial charge in [0, 0.05) is 0 Å². The molecule has 0 amide bonds. The Balaban J connectivity index is 3.22. The first-order valence-electron chi connectivity index (χ1n) is 12.1. The molecule has 0 N–H and O–H groups in total. The van der Waals surface area contributed by atoms with Crippen molar-refractivity contribution in [1.29, 1.82) is 0 Å². The molecule has 172 valence electrons. The highest BCUT2D eigenvalue weighted by Gasteiger charge is 2.07. The zero-order valence-electron chi connectivity index (χ0n) is 19.2. The number of unbranched alkanes of at least 4 members (excludes halogenated alkanes) is 14. The Labute approximate surface area is 179 Å². The van der Waals surface area contributed by atoms with Crippen LogP contribution in [0, 0.1) is 0 Å². The highest BCUT2D eigenvalue weighted by Crippen LogP contribution is 2.12. The second kappa shape index (κ2) is 23.2. The Kier molecular flexibility index (Phi) is 22.3. The molecule has 5 heteroatoms. The van der Waals surface area contributed by atoms with E-state index in [1.54, 1.807) is 0 Å². The zero-order valence-corrected chi connectivity index (χ0v) is 19.2. The van der Waals surface area contributed by atoms with Gasteiger partial charge in [-0.2, -0.15) is 0 Å². The monoisotopic (exact) mass is 414 g/mol. The summed E-state index contributed by atoms with van der Waals surface area (Å²) in [5.41, 5.74) is 0.